The minimum Gasteiger partial charge on any atom is -0.368 e. The number of hydrogen-bond acceptors (Lipinski definition) is 9. The van der Waals surface area contributed by atoms with E-state index in [1.165, 1.54) is 24.3 Å². The first-order valence-corrected chi connectivity index (χ1v) is 14.8. The van der Waals surface area contributed by atoms with Crippen molar-refractivity contribution in [3.8, 4) is 0 Å². The van der Waals surface area contributed by atoms with Crippen molar-refractivity contribution in [3.05, 3.63) is 95.6 Å². The zero-order chi connectivity index (χ0) is 27.5. The van der Waals surface area contributed by atoms with Crippen molar-refractivity contribution in [1.82, 2.24) is 0 Å². The maximum Gasteiger partial charge on any atom is 0.297 e. The molecule has 204 valence electrons. The molecule has 1 heterocycles. The minimum absolute atomic E-state index is 0.0528. The largest absolute Gasteiger partial charge is 0.368 e. The van der Waals surface area contributed by atoms with Crippen molar-refractivity contribution in [2.45, 2.75) is 67.9 Å². The molecule has 9 nitrogen and oxygen atoms in total. The van der Waals surface area contributed by atoms with Gasteiger partial charge in [0, 0.05) is 0 Å². The SMILES string of the molecule is Cc1ccc(S(=O)(=O)OC2C(O)OC(C)C(OCc3ccccc3)C2OS(=O)(=O)c2ccc(C)cc2)cc1. The molecule has 5 unspecified atom stereocenters. The maximum absolute atomic E-state index is 13.3. The van der Waals surface area contributed by atoms with Crippen LogP contribution >= 0.6 is 0 Å². The molecule has 0 aromatic heterocycles. The first-order chi connectivity index (χ1) is 18.0. The zero-order valence-corrected chi connectivity index (χ0v) is 22.8. The molecular formula is C27H30O9S2. The third-order valence-corrected chi connectivity index (χ3v) is 8.78. The molecule has 1 aliphatic heterocycles. The Kier molecular flexibility index (Phi) is 8.68. The van der Waals surface area contributed by atoms with Crippen molar-refractivity contribution in [3.63, 3.8) is 0 Å². The van der Waals surface area contributed by atoms with Gasteiger partial charge in [-0.3, -0.25) is 8.37 Å². The first kappa shape index (κ1) is 28.4. The smallest absolute Gasteiger partial charge is 0.297 e. The van der Waals surface area contributed by atoms with Gasteiger partial charge in [0.15, 0.2) is 12.4 Å². The Labute approximate surface area is 223 Å². The summed E-state index contributed by atoms with van der Waals surface area (Å²) >= 11 is 0. The Morgan fingerprint density at radius 1 is 0.711 bits per heavy atom. The molecule has 38 heavy (non-hydrogen) atoms. The Balaban J connectivity index is 1.69. The Bertz CT molecular complexity index is 1420. The van der Waals surface area contributed by atoms with Gasteiger partial charge in [0.1, 0.15) is 12.2 Å². The van der Waals surface area contributed by atoms with Gasteiger partial charge in [0.2, 0.25) is 0 Å². The number of ether oxygens (including phenoxy) is 2. The van der Waals surface area contributed by atoms with Gasteiger partial charge in [0.05, 0.1) is 22.5 Å². The Morgan fingerprint density at radius 2 is 1.18 bits per heavy atom. The molecule has 0 radical (unpaired) electrons. The molecule has 0 amide bonds. The molecule has 1 N–H and O–H groups in total. The van der Waals surface area contributed by atoms with Crippen LogP contribution in [0.3, 0.4) is 0 Å². The van der Waals surface area contributed by atoms with E-state index in [1.807, 2.05) is 30.3 Å². The fourth-order valence-corrected chi connectivity index (χ4v) is 6.18. The van der Waals surface area contributed by atoms with Crippen LogP contribution in [0.4, 0.5) is 0 Å². The lowest BCUT2D eigenvalue weighted by Crippen LogP contribution is -2.60. The number of rotatable bonds is 9. The van der Waals surface area contributed by atoms with Crippen LogP contribution in [0.15, 0.2) is 88.7 Å². The lowest BCUT2D eigenvalue weighted by Gasteiger charge is -2.42. The van der Waals surface area contributed by atoms with Crippen LogP contribution in [-0.4, -0.2) is 52.6 Å². The summed E-state index contributed by atoms with van der Waals surface area (Å²) in [4.78, 5) is -0.311. The molecular weight excluding hydrogens is 532 g/mol. The molecule has 1 fully saturated rings. The average molecular weight is 563 g/mol. The van der Waals surface area contributed by atoms with Crippen LogP contribution in [0, 0.1) is 13.8 Å². The fraction of sp³-hybridized carbons (Fsp3) is 0.333. The summed E-state index contributed by atoms with van der Waals surface area (Å²) in [5, 5.41) is 10.7. The van der Waals surface area contributed by atoms with Crippen molar-refractivity contribution >= 4 is 20.2 Å². The van der Waals surface area contributed by atoms with Gasteiger partial charge in [-0.25, -0.2) is 0 Å². The van der Waals surface area contributed by atoms with E-state index in [2.05, 4.69) is 0 Å². The molecule has 0 saturated carbocycles. The Morgan fingerprint density at radius 3 is 1.68 bits per heavy atom. The van der Waals surface area contributed by atoms with Gasteiger partial charge < -0.3 is 14.6 Å². The summed E-state index contributed by atoms with van der Waals surface area (Å²) in [7, 11) is -8.87. The highest BCUT2D eigenvalue weighted by Gasteiger charge is 2.50. The first-order valence-electron chi connectivity index (χ1n) is 12.0. The summed E-state index contributed by atoms with van der Waals surface area (Å²) in [6.45, 7) is 5.22. The molecule has 1 saturated heterocycles. The van der Waals surface area contributed by atoms with Crippen LogP contribution in [0.1, 0.15) is 23.6 Å². The number of hydrogen-bond donors (Lipinski definition) is 1. The van der Waals surface area contributed by atoms with Crippen LogP contribution in [0.5, 0.6) is 0 Å². The van der Waals surface area contributed by atoms with Crippen LogP contribution in [-0.2, 0) is 44.7 Å². The molecule has 3 aromatic rings. The van der Waals surface area contributed by atoms with Crippen LogP contribution in [0.2, 0.25) is 0 Å². The minimum atomic E-state index is -4.45. The summed E-state index contributed by atoms with van der Waals surface area (Å²) < 4.78 is 75.2. The summed E-state index contributed by atoms with van der Waals surface area (Å²) in [6.07, 6.45) is -7.12. The second-order valence-electron chi connectivity index (χ2n) is 9.15. The van der Waals surface area contributed by atoms with E-state index in [9.17, 15) is 21.9 Å². The third-order valence-electron chi connectivity index (χ3n) is 6.13. The predicted octanol–water partition coefficient (Wildman–Crippen LogP) is 3.47. The number of aliphatic hydroxyl groups excluding tert-OH is 1. The van der Waals surface area contributed by atoms with Crippen molar-refractivity contribution in [1.29, 1.82) is 0 Å². The normalized spacial score (nSPS) is 24.3. The summed E-state index contributed by atoms with van der Waals surface area (Å²) in [5.74, 6) is 0. The fourth-order valence-electron chi connectivity index (χ4n) is 4.01. The predicted molar refractivity (Wildman–Crippen MR) is 138 cm³/mol. The number of benzene rings is 3. The molecule has 0 spiro atoms. The quantitative estimate of drug-likeness (QED) is 0.390. The molecule has 5 atom stereocenters. The van der Waals surface area contributed by atoms with Crippen molar-refractivity contribution in [2.75, 3.05) is 0 Å². The highest BCUT2D eigenvalue weighted by molar-refractivity contribution is 7.87. The topological polar surface area (TPSA) is 125 Å². The van der Waals surface area contributed by atoms with E-state index in [-0.39, 0.29) is 16.4 Å². The van der Waals surface area contributed by atoms with E-state index >= 15 is 0 Å². The van der Waals surface area contributed by atoms with Gasteiger partial charge >= 0.3 is 0 Å². The number of aryl methyl sites for hydroxylation is 2. The van der Waals surface area contributed by atoms with E-state index in [0.29, 0.717) is 0 Å². The zero-order valence-electron chi connectivity index (χ0n) is 21.1. The molecule has 3 aromatic carbocycles. The highest BCUT2D eigenvalue weighted by atomic mass is 32.2. The van der Waals surface area contributed by atoms with E-state index in [0.717, 1.165) is 16.7 Å². The van der Waals surface area contributed by atoms with E-state index in [1.54, 1.807) is 45.0 Å². The maximum atomic E-state index is 13.3. The summed E-state index contributed by atoms with van der Waals surface area (Å²) in [5.41, 5.74) is 2.46. The second-order valence-corrected chi connectivity index (χ2v) is 12.3. The lowest BCUT2D eigenvalue weighted by molar-refractivity contribution is -0.275. The molecule has 0 aliphatic carbocycles. The van der Waals surface area contributed by atoms with Crippen LogP contribution in [0.25, 0.3) is 0 Å². The van der Waals surface area contributed by atoms with Gasteiger partial charge in [-0.1, -0.05) is 65.7 Å². The standard InChI is InChI=1S/C27H30O9S2/c1-18-9-13-22(14-10-18)37(29,30)35-25-24(33-17-21-7-5-4-6-8-21)20(3)34-27(28)26(25)36-38(31,32)23-15-11-19(2)12-16-23/h4-16,20,24-28H,17H2,1-3H3. The number of aliphatic hydroxyl groups is 1. The van der Waals surface area contributed by atoms with Gasteiger partial charge in [-0.15, -0.1) is 0 Å². The van der Waals surface area contributed by atoms with Crippen molar-refractivity contribution < 1.29 is 39.8 Å². The lowest BCUT2D eigenvalue weighted by atomic mass is 10.00. The second kappa shape index (κ2) is 11.6. The molecule has 4 rings (SSSR count). The average Bonchev–Trinajstić information content (AvgIpc) is 2.87. The van der Waals surface area contributed by atoms with Crippen LogP contribution < -0.4 is 0 Å². The van der Waals surface area contributed by atoms with Crippen molar-refractivity contribution in [2.24, 2.45) is 0 Å². The third kappa shape index (κ3) is 6.67. The summed E-state index contributed by atoms with van der Waals surface area (Å²) in [6, 6.07) is 21.0. The molecule has 11 heteroatoms. The van der Waals surface area contributed by atoms with Gasteiger partial charge in [-0.05, 0) is 50.6 Å². The van der Waals surface area contributed by atoms with E-state index in [4.69, 9.17) is 17.8 Å². The molecule has 1 aliphatic rings. The highest BCUT2D eigenvalue weighted by Crippen LogP contribution is 2.32. The molecule has 0 bridgehead atoms. The Hall–Kier alpha value is -2.64. The van der Waals surface area contributed by atoms with Gasteiger partial charge in [-0.2, -0.15) is 16.8 Å². The van der Waals surface area contributed by atoms with Gasteiger partial charge in [0.25, 0.3) is 20.2 Å². The van der Waals surface area contributed by atoms with E-state index < -0.39 is 50.9 Å². The monoisotopic (exact) mass is 562 g/mol.